The highest BCUT2D eigenvalue weighted by Gasteiger charge is 2.61. The Hall–Kier alpha value is -2.07. The molecule has 3 spiro atoms. The molecule has 7 heterocycles. The van der Waals surface area contributed by atoms with Gasteiger partial charge >= 0.3 is 11.9 Å². The average Bonchev–Trinajstić information content (AvgIpc) is 3.66. The number of rotatable bonds is 9. The maximum absolute atomic E-state index is 13.9. The lowest BCUT2D eigenvalue weighted by atomic mass is 9.82. The number of ether oxygens (including phenoxy) is 9. The first-order valence-electron chi connectivity index (χ1n) is 25.9. The predicted octanol–water partition coefficient (Wildman–Crippen LogP) is 5.52. The molecule has 0 amide bonds. The molecule has 7 aliphatic rings. The van der Waals surface area contributed by atoms with Crippen LogP contribution in [0.1, 0.15) is 136 Å². The molecular formula is C52H81ClO17. The van der Waals surface area contributed by atoms with Gasteiger partial charge in [-0.05, 0) is 82.6 Å². The van der Waals surface area contributed by atoms with Crippen molar-refractivity contribution in [2.45, 2.75) is 245 Å². The van der Waals surface area contributed by atoms with E-state index in [0.29, 0.717) is 70.6 Å². The third-order valence-electron chi connectivity index (χ3n) is 16.1. The van der Waals surface area contributed by atoms with Crippen molar-refractivity contribution >= 4 is 23.5 Å². The van der Waals surface area contributed by atoms with Gasteiger partial charge in [0.25, 0.3) is 0 Å². The topological polar surface area (TPSA) is 239 Å². The first kappa shape index (κ1) is 55.7. The van der Waals surface area contributed by atoms with Crippen LogP contribution in [0.15, 0.2) is 36.5 Å². The Balaban J connectivity index is 1.13. The fourth-order valence-corrected chi connectivity index (χ4v) is 12.1. The minimum absolute atomic E-state index is 0.0103. The summed E-state index contributed by atoms with van der Waals surface area (Å²) in [6, 6.07) is 0. The van der Waals surface area contributed by atoms with Crippen molar-refractivity contribution in [2.75, 3.05) is 14.2 Å². The second-order valence-corrected chi connectivity index (χ2v) is 21.9. The number of methoxy groups -OCH3 is 2. The van der Waals surface area contributed by atoms with Crippen molar-refractivity contribution in [3.63, 3.8) is 0 Å². The quantitative estimate of drug-likeness (QED) is 0.0947. The number of carboxylic acids is 1. The van der Waals surface area contributed by atoms with Gasteiger partial charge in [0, 0.05) is 64.6 Å². The van der Waals surface area contributed by atoms with Crippen molar-refractivity contribution in [1.82, 2.24) is 0 Å². The second kappa shape index (κ2) is 24.5. The fraction of sp³-hybridized carbons (Fsp3) is 0.846. The minimum atomic E-state index is -1.47. The van der Waals surface area contributed by atoms with Gasteiger partial charge in [-0.15, -0.1) is 11.6 Å². The van der Waals surface area contributed by atoms with E-state index >= 15 is 0 Å². The highest BCUT2D eigenvalue weighted by Crippen LogP contribution is 2.53. The van der Waals surface area contributed by atoms with E-state index in [1.54, 1.807) is 26.4 Å². The van der Waals surface area contributed by atoms with Crippen molar-refractivity contribution in [2.24, 2.45) is 17.8 Å². The maximum Gasteiger partial charge on any atom is 0.332 e. The molecule has 0 aliphatic carbocycles. The number of fused-ring (bicyclic) bond motifs is 6. The highest BCUT2D eigenvalue weighted by molar-refractivity contribution is 6.21. The van der Waals surface area contributed by atoms with E-state index in [4.69, 9.17) is 59.3 Å². The van der Waals surface area contributed by atoms with Gasteiger partial charge in [-0.25, -0.2) is 4.79 Å². The molecule has 0 aromatic heterocycles. The lowest BCUT2D eigenvalue weighted by Crippen LogP contribution is -2.61. The Labute approximate surface area is 418 Å². The number of carbonyl (C=O) groups excluding carboxylic acids is 1. The van der Waals surface area contributed by atoms with Gasteiger partial charge in [0.2, 0.25) is 0 Å². The van der Waals surface area contributed by atoms with Gasteiger partial charge in [-0.1, -0.05) is 51.2 Å². The predicted molar refractivity (Wildman–Crippen MR) is 254 cm³/mol. The van der Waals surface area contributed by atoms with E-state index in [1.165, 1.54) is 0 Å². The van der Waals surface area contributed by atoms with Gasteiger partial charge in [-0.3, -0.25) is 4.79 Å². The van der Waals surface area contributed by atoms with Crippen LogP contribution in [-0.4, -0.2) is 165 Å². The van der Waals surface area contributed by atoms with Crippen LogP contribution in [0.4, 0.5) is 0 Å². The van der Waals surface area contributed by atoms with Gasteiger partial charge in [0.05, 0.1) is 66.7 Å². The first-order valence-corrected chi connectivity index (χ1v) is 26.4. The van der Waals surface area contributed by atoms with E-state index in [-0.39, 0.29) is 56.5 Å². The molecule has 6 saturated heterocycles. The summed E-state index contributed by atoms with van der Waals surface area (Å²) < 4.78 is 58.8. The Morgan fingerprint density at radius 2 is 1.56 bits per heavy atom. The molecule has 18 heteroatoms. The van der Waals surface area contributed by atoms with Gasteiger partial charge in [-0.2, -0.15) is 0 Å². The molecule has 7 rings (SSSR count). The summed E-state index contributed by atoms with van der Waals surface area (Å²) in [5, 5.41) is 64.3. The maximum atomic E-state index is 13.9. The average molecular weight is 1010 g/mol. The summed E-state index contributed by atoms with van der Waals surface area (Å²) in [6.07, 6.45) is 7.36. The summed E-state index contributed by atoms with van der Waals surface area (Å²) in [5.41, 5.74) is 0. The third-order valence-corrected chi connectivity index (χ3v) is 16.6. The molecule has 6 N–H and O–H groups in total. The standard InChI is InChI=1S/C52H81ClO17/c1-30-18-21-50-23-20-40(62-4)48(69-50)47(59)46(58)31(2)16-17-39-45(53)43(63-5)28-51(66-39)22-19-32(3)52(70-51)29-42(38(68-52)15-10-8-6-7-9-14-37(56)49(60)61)65-44(57)27-36-13-11-12-35(64-36)25-33(54)24-34(55)26-41(30)67-50/h7-10,18,21,30-43,45-48,54-56,58-59H,6,11-17,19-20,22-29H2,1-5H3,(H,60,61)/b9-7-,10-8+/t30-,31-,32-,33-,34-,35-,36+,37+,38-,39+,40-,41+,42-,43+,45-,46-,47-,48-,50-,51+,52+/m0/s1. The summed E-state index contributed by atoms with van der Waals surface area (Å²) in [5.74, 6) is -5.95. The Bertz CT molecular complexity index is 1800. The zero-order chi connectivity index (χ0) is 50.4. The van der Waals surface area contributed by atoms with Crippen molar-refractivity contribution in [3.05, 3.63) is 36.5 Å². The molecule has 21 atom stereocenters. The number of hydrogen-bond donors (Lipinski definition) is 6. The Morgan fingerprint density at radius 3 is 2.31 bits per heavy atom. The van der Waals surface area contributed by atoms with E-state index in [1.807, 2.05) is 38.2 Å². The molecular weight excluding hydrogens is 932 g/mol. The monoisotopic (exact) mass is 1010 g/mol. The number of carbonyl (C=O) groups is 2. The molecule has 6 fully saturated rings. The van der Waals surface area contributed by atoms with Crippen LogP contribution >= 0.6 is 11.6 Å². The summed E-state index contributed by atoms with van der Waals surface area (Å²) in [4.78, 5) is 24.9. The van der Waals surface area contributed by atoms with Crippen molar-refractivity contribution < 1.29 is 82.9 Å². The molecule has 70 heavy (non-hydrogen) atoms. The van der Waals surface area contributed by atoms with E-state index in [2.05, 4.69) is 6.92 Å². The number of esters is 1. The molecule has 0 radical (unpaired) electrons. The summed E-state index contributed by atoms with van der Waals surface area (Å²) in [6.45, 7) is 5.92. The van der Waals surface area contributed by atoms with Gasteiger partial charge < -0.3 is 73.3 Å². The van der Waals surface area contributed by atoms with E-state index in [0.717, 1.165) is 6.42 Å². The van der Waals surface area contributed by atoms with Crippen molar-refractivity contribution in [1.29, 1.82) is 0 Å². The van der Waals surface area contributed by atoms with Gasteiger partial charge in [0.1, 0.15) is 24.4 Å². The number of carboxylic acid groups (broad SMARTS) is 1. The highest BCUT2D eigenvalue weighted by atomic mass is 35.5. The fourth-order valence-electron chi connectivity index (χ4n) is 11.8. The smallest absolute Gasteiger partial charge is 0.332 e. The van der Waals surface area contributed by atoms with Crippen LogP contribution in [-0.2, 0) is 52.2 Å². The molecule has 17 nitrogen and oxygen atoms in total. The lowest BCUT2D eigenvalue weighted by molar-refractivity contribution is -0.413. The van der Waals surface area contributed by atoms with Crippen LogP contribution in [0.25, 0.3) is 0 Å². The van der Waals surface area contributed by atoms with E-state index in [9.17, 15) is 35.1 Å². The molecule has 0 unspecified atom stereocenters. The number of aliphatic hydroxyl groups is 5. The number of halogens is 1. The summed E-state index contributed by atoms with van der Waals surface area (Å²) in [7, 11) is 3.17. The molecule has 7 aliphatic heterocycles. The Kier molecular flexibility index (Phi) is 19.5. The summed E-state index contributed by atoms with van der Waals surface area (Å²) >= 11 is 7.14. The first-order chi connectivity index (χ1) is 33.4. The zero-order valence-electron chi connectivity index (χ0n) is 41.6. The number of alkyl halides is 1. The largest absolute Gasteiger partial charge is 0.479 e. The minimum Gasteiger partial charge on any atom is -0.479 e. The van der Waals surface area contributed by atoms with Crippen LogP contribution in [0, 0.1) is 17.8 Å². The molecule has 0 aromatic rings. The zero-order valence-corrected chi connectivity index (χ0v) is 42.4. The molecule has 0 aromatic carbocycles. The van der Waals surface area contributed by atoms with E-state index < -0.39 is 120 Å². The number of hydrogen-bond acceptors (Lipinski definition) is 16. The second-order valence-electron chi connectivity index (χ2n) is 21.4. The molecule has 398 valence electrons. The van der Waals surface area contributed by atoms with Gasteiger partial charge in [0.15, 0.2) is 23.5 Å². The van der Waals surface area contributed by atoms with Crippen LogP contribution in [0.5, 0.6) is 0 Å². The van der Waals surface area contributed by atoms with Crippen LogP contribution < -0.4 is 0 Å². The number of aliphatic hydroxyl groups excluding tert-OH is 5. The number of aliphatic carboxylic acids is 1. The Morgan fingerprint density at radius 1 is 0.814 bits per heavy atom. The third kappa shape index (κ3) is 13.6. The van der Waals surface area contributed by atoms with Crippen molar-refractivity contribution in [3.8, 4) is 0 Å². The lowest BCUT2D eigenvalue weighted by Gasteiger charge is -2.54. The molecule has 9 bridgehead atoms. The van der Waals surface area contributed by atoms with Crippen LogP contribution in [0.3, 0.4) is 0 Å². The van der Waals surface area contributed by atoms with Crippen LogP contribution in [0.2, 0.25) is 0 Å². The normalized spacial score (nSPS) is 46.2. The SMILES string of the molecule is CO[C@H]1CC[C@]23C=C[C@H](C)[C@@H](C[C@@H](O)C[C@H](O)C[C@@H]4CCC[C@H](CC(=O)O[C@H]5C[C@@]6(O[C@H]5C/C=C/C/C=C\C[C@@H](O)C(=O)O)O[C@]5(CC[C@@H]6C)C[C@@H](OC)[C@@H](Cl)[C@@H](CC[C@H](C)[C@H](O)[C@H](O)[C@H]1O2)O5)O4)O3. The number of allylic oxidation sites excluding steroid dienone is 2. The molecule has 0 saturated carbocycles.